The lowest BCUT2D eigenvalue weighted by Crippen LogP contribution is -2.29. The molecule has 1 aromatic carbocycles. The molecule has 1 aliphatic rings. The van der Waals surface area contributed by atoms with Gasteiger partial charge in [-0.1, -0.05) is 30.3 Å². The molecular formula is C18H16N4O2. The molecule has 1 saturated heterocycles. The molecular weight excluding hydrogens is 304 g/mol. The Kier molecular flexibility index (Phi) is 4.82. The van der Waals surface area contributed by atoms with E-state index in [2.05, 4.69) is 9.97 Å². The van der Waals surface area contributed by atoms with Crippen molar-refractivity contribution < 1.29 is 9.53 Å². The Morgan fingerprint density at radius 3 is 2.88 bits per heavy atom. The van der Waals surface area contributed by atoms with Gasteiger partial charge in [-0.05, 0) is 11.6 Å². The van der Waals surface area contributed by atoms with Crippen LogP contribution in [0.15, 0.2) is 48.8 Å². The zero-order valence-corrected chi connectivity index (χ0v) is 13.0. The molecule has 1 aromatic heterocycles. The number of benzene rings is 1. The summed E-state index contributed by atoms with van der Waals surface area (Å²) in [6, 6.07) is 11.6. The molecule has 1 aliphatic heterocycles. The van der Waals surface area contributed by atoms with Gasteiger partial charge in [0, 0.05) is 31.4 Å². The number of nitriles is 1. The highest BCUT2D eigenvalue weighted by atomic mass is 16.5. The first-order valence-electron chi connectivity index (χ1n) is 7.66. The van der Waals surface area contributed by atoms with E-state index in [1.165, 1.54) is 12.4 Å². The summed E-state index contributed by atoms with van der Waals surface area (Å²) in [4.78, 5) is 21.9. The Hall–Kier alpha value is -3.20. The number of ether oxygens (including phenoxy) is 1. The van der Waals surface area contributed by atoms with Crippen LogP contribution in [0.3, 0.4) is 0 Å². The van der Waals surface area contributed by atoms with Crippen molar-refractivity contribution in [2.75, 3.05) is 13.1 Å². The number of nitrogens with zero attached hydrogens (tertiary/aromatic N) is 4. The van der Waals surface area contributed by atoms with Crippen LogP contribution in [-0.2, 0) is 4.79 Å². The molecule has 0 aliphatic carbocycles. The van der Waals surface area contributed by atoms with Gasteiger partial charge in [0.1, 0.15) is 12.2 Å². The number of carbonyl (C=O) groups excluding carboxylic acids is 1. The van der Waals surface area contributed by atoms with E-state index in [-0.39, 0.29) is 23.6 Å². The average molecular weight is 320 g/mol. The number of rotatable bonds is 4. The maximum atomic E-state index is 12.2. The summed E-state index contributed by atoms with van der Waals surface area (Å²) in [5.74, 6) is 0.170. The van der Waals surface area contributed by atoms with Crippen LogP contribution in [0.25, 0.3) is 6.08 Å². The summed E-state index contributed by atoms with van der Waals surface area (Å²) in [6.45, 7) is 1.09. The molecule has 0 saturated carbocycles. The third-order valence-corrected chi connectivity index (χ3v) is 3.72. The molecule has 6 nitrogen and oxygen atoms in total. The smallest absolute Gasteiger partial charge is 0.251 e. The second-order valence-corrected chi connectivity index (χ2v) is 5.38. The van der Waals surface area contributed by atoms with Crippen LogP contribution in [0.4, 0.5) is 0 Å². The van der Waals surface area contributed by atoms with E-state index in [1.54, 1.807) is 17.1 Å². The van der Waals surface area contributed by atoms with Crippen LogP contribution >= 0.6 is 0 Å². The van der Waals surface area contributed by atoms with Crippen molar-refractivity contribution in [3.05, 3.63) is 60.1 Å². The molecule has 0 unspecified atom stereocenters. The summed E-state index contributed by atoms with van der Waals surface area (Å²) >= 11 is 0. The predicted molar refractivity (Wildman–Crippen MR) is 87.8 cm³/mol. The van der Waals surface area contributed by atoms with Crippen LogP contribution in [0.1, 0.15) is 17.7 Å². The van der Waals surface area contributed by atoms with Crippen molar-refractivity contribution >= 4 is 12.0 Å². The SMILES string of the molecule is N#Cc1nccnc1O[C@@H]1CCN(C(=O)/C=C/c2ccccc2)C1. The molecule has 3 rings (SSSR count). The van der Waals surface area contributed by atoms with Gasteiger partial charge in [0.25, 0.3) is 5.88 Å². The molecule has 24 heavy (non-hydrogen) atoms. The lowest BCUT2D eigenvalue weighted by atomic mass is 10.2. The van der Waals surface area contributed by atoms with Crippen LogP contribution in [0.2, 0.25) is 0 Å². The largest absolute Gasteiger partial charge is 0.470 e. The molecule has 1 fully saturated rings. The maximum absolute atomic E-state index is 12.2. The number of hydrogen-bond acceptors (Lipinski definition) is 5. The molecule has 120 valence electrons. The standard InChI is InChI=1S/C18H16N4O2/c19-12-16-18(21-10-9-20-16)24-15-8-11-22(13-15)17(23)7-6-14-4-2-1-3-5-14/h1-7,9-10,15H,8,11,13H2/b7-6+/t15-/m1/s1. The van der Waals surface area contributed by atoms with Crippen LogP contribution in [-0.4, -0.2) is 40.0 Å². The van der Waals surface area contributed by atoms with E-state index in [4.69, 9.17) is 10.00 Å². The fourth-order valence-electron chi connectivity index (χ4n) is 2.51. The van der Waals surface area contributed by atoms with Crippen LogP contribution in [0, 0.1) is 11.3 Å². The number of likely N-dealkylation sites (tertiary alicyclic amines) is 1. The van der Waals surface area contributed by atoms with E-state index in [0.717, 1.165) is 5.56 Å². The molecule has 0 bridgehead atoms. The van der Waals surface area contributed by atoms with Gasteiger partial charge in [0.05, 0.1) is 6.54 Å². The minimum Gasteiger partial charge on any atom is -0.470 e. The zero-order valence-electron chi connectivity index (χ0n) is 13.0. The summed E-state index contributed by atoms with van der Waals surface area (Å²) in [5.41, 5.74) is 1.14. The molecule has 0 spiro atoms. The van der Waals surface area contributed by atoms with Crippen molar-refractivity contribution in [3.63, 3.8) is 0 Å². The second kappa shape index (κ2) is 7.38. The zero-order chi connectivity index (χ0) is 16.8. The Bertz CT molecular complexity index is 783. The molecule has 6 heteroatoms. The third-order valence-electron chi connectivity index (χ3n) is 3.72. The van der Waals surface area contributed by atoms with Crippen molar-refractivity contribution in [2.24, 2.45) is 0 Å². The highest BCUT2D eigenvalue weighted by molar-refractivity contribution is 5.92. The van der Waals surface area contributed by atoms with E-state index < -0.39 is 0 Å². The van der Waals surface area contributed by atoms with Gasteiger partial charge >= 0.3 is 0 Å². The Balaban J connectivity index is 1.58. The van der Waals surface area contributed by atoms with Crippen LogP contribution < -0.4 is 4.74 Å². The maximum Gasteiger partial charge on any atom is 0.251 e. The number of aromatic nitrogens is 2. The molecule has 1 amide bonds. The molecule has 2 heterocycles. The third kappa shape index (κ3) is 3.76. The van der Waals surface area contributed by atoms with E-state index >= 15 is 0 Å². The minimum absolute atomic E-state index is 0.0513. The molecule has 0 N–H and O–H groups in total. The predicted octanol–water partition coefficient (Wildman–Crippen LogP) is 2.04. The van der Waals surface area contributed by atoms with E-state index in [0.29, 0.717) is 19.5 Å². The first-order chi connectivity index (χ1) is 11.8. The number of amides is 1. The fourth-order valence-corrected chi connectivity index (χ4v) is 2.51. The van der Waals surface area contributed by atoms with E-state index in [9.17, 15) is 4.79 Å². The second-order valence-electron chi connectivity index (χ2n) is 5.38. The Morgan fingerprint density at radius 1 is 1.29 bits per heavy atom. The van der Waals surface area contributed by atoms with Gasteiger partial charge in [0.2, 0.25) is 11.6 Å². The first kappa shape index (κ1) is 15.7. The molecule has 2 aromatic rings. The highest BCUT2D eigenvalue weighted by Crippen LogP contribution is 2.18. The first-order valence-corrected chi connectivity index (χ1v) is 7.66. The molecule has 0 radical (unpaired) electrons. The van der Waals surface area contributed by atoms with Gasteiger partial charge in [-0.15, -0.1) is 0 Å². The van der Waals surface area contributed by atoms with Gasteiger partial charge in [-0.2, -0.15) is 5.26 Å². The van der Waals surface area contributed by atoms with Gasteiger partial charge in [-0.3, -0.25) is 4.79 Å². The highest BCUT2D eigenvalue weighted by Gasteiger charge is 2.27. The minimum atomic E-state index is -0.178. The summed E-state index contributed by atoms with van der Waals surface area (Å²) in [6.07, 6.45) is 6.82. The Morgan fingerprint density at radius 2 is 2.08 bits per heavy atom. The number of carbonyl (C=O) groups is 1. The van der Waals surface area contributed by atoms with Crippen molar-refractivity contribution in [1.29, 1.82) is 5.26 Å². The normalized spacial score (nSPS) is 17.0. The van der Waals surface area contributed by atoms with Gasteiger partial charge in [-0.25, -0.2) is 9.97 Å². The fraction of sp³-hybridized carbons (Fsp3) is 0.222. The lowest BCUT2D eigenvalue weighted by molar-refractivity contribution is -0.125. The summed E-state index contributed by atoms with van der Waals surface area (Å²) in [7, 11) is 0. The topological polar surface area (TPSA) is 79.1 Å². The van der Waals surface area contributed by atoms with Crippen molar-refractivity contribution in [3.8, 4) is 11.9 Å². The van der Waals surface area contributed by atoms with Crippen molar-refractivity contribution in [1.82, 2.24) is 14.9 Å². The summed E-state index contributed by atoms with van der Waals surface area (Å²) < 4.78 is 5.73. The quantitative estimate of drug-likeness (QED) is 0.806. The van der Waals surface area contributed by atoms with Gasteiger partial charge < -0.3 is 9.64 Å². The van der Waals surface area contributed by atoms with Crippen LogP contribution in [0.5, 0.6) is 5.88 Å². The number of hydrogen-bond donors (Lipinski definition) is 0. The summed E-state index contributed by atoms with van der Waals surface area (Å²) in [5, 5.41) is 9.00. The van der Waals surface area contributed by atoms with Crippen molar-refractivity contribution in [2.45, 2.75) is 12.5 Å². The average Bonchev–Trinajstić information content (AvgIpc) is 3.10. The Labute approximate surface area is 140 Å². The van der Waals surface area contributed by atoms with Gasteiger partial charge in [0.15, 0.2) is 0 Å². The lowest BCUT2D eigenvalue weighted by Gasteiger charge is -2.15. The monoisotopic (exact) mass is 320 g/mol. The molecule has 1 atom stereocenters. The van der Waals surface area contributed by atoms with E-state index in [1.807, 2.05) is 36.4 Å².